The van der Waals surface area contributed by atoms with E-state index in [-0.39, 0.29) is 24.3 Å². The van der Waals surface area contributed by atoms with Gasteiger partial charge < -0.3 is 20.3 Å². The van der Waals surface area contributed by atoms with Crippen LogP contribution in [0.1, 0.15) is 13.8 Å². The zero-order valence-corrected chi connectivity index (χ0v) is 15.3. The van der Waals surface area contributed by atoms with Crippen LogP contribution in [-0.4, -0.2) is 68.6 Å². The van der Waals surface area contributed by atoms with Crippen molar-refractivity contribution in [3.63, 3.8) is 0 Å². The van der Waals surface area contributed by atoms with Gasteiger partial charge in [-0.05, 0) is 24.3 Å². The molecule has 26 heavy (non-hydrogen) atoms. The SMILES string of the molecule is CC(=O)Nc1ccc(N(CC(=O)NCCN2CCOCC2)C(C)=O)cc1. The fourth-order valence-corrected chi connectivity index (χ4v) is 2.69. The van der Waals surface area contributed by atoms with Crippen LogP contribution in [0, 0.1) is 0 Å². The quantitative estimate of drug-likeness (QED) is 0.735. The van der Waals surface area contributed by atoms with Crippen molar-refractivity contribution in [3.8, 4) is 0 Å². The van der Waals surface area contributed by atoms with Gasteiger partial charge in [-0.3, -0.25) is 19.3 Å². The van der Waals surface area contributed by atoms with E-state index in [0.29, 0.717) is 17.9 Å². The zero-order chi connectivity index (χ0) is 18.9. The normalized spacial score (nSPS) is 14.5. The van der Waals surface area contributed by atoms with Gasteiger partial charge in [-0.2, -0.15) is 0 Å². The average Bonchev–Trinajstić information content (AvgIpc) is 2.61. The molecule has 0 spiro atoms. The largest absolute Gasteiger partial charge is 0.379 e. The molecule has 0 aliphatic carbocycles. The summed E-state index contributed by atoms with van der Waals surface area (Å²) in [5, 5.41) is 5.52. The summed E-state index contributed by atoms with van der Waals surface area (Å²) < 4.78 is 5.29. The van der Waals surface area contributed by atoms with Crippen molar-refractivity contribution in [3.05, 3.63) is 24.3 Å². The van der Waals surface area contributed by atoms with Gasteiger partial charge in [-0.1, -0.05) is 0 Å². The number of carbonyl (C=O) groups excluding carboxylic acids is 3. The number of rotatable bonds is 7. The number of hydrogen-bond acceptors (Lipinski definition) is 5. The monoisotopic (exact) mass is 362 g/mol. The molecule has 0 bridgehead atoms. The van der Waals surface area contributed by atoms with Crippen LogP contribution >= 0.6 is 0 Å². The van der Waals surface area contributed by atoms with Gasteiger partial charge in [0.15, 0.2) is 0 Å². The molecule has 0 atom stereocenters. The smallest absolute Gasteiger partial charge is 0.240 e. The fourth-order valence-electron chi connectivity index (χ4n) is 2.69. The molecule has 3 amide bonds. The third-order valence-corrected chi connectivity index (χ3v) is 4.04. The fraction of sp³-hybridized carbons (Fsp3) is 0.500. The Hall–Kier alpha value is -2.45. The molecule has 1 saturated heterocycles. The van der Waals surface area contributed by atoms with Gasteiger partial charge in [0.2, 0.25) is 17.7 Å². The lowest BCUT2D eigenvalue weighted by atomic mass is 10.2. The standard InChI is InChI=1S/C18H26N4O4/c1-14(23)20-16-3-5-17(6-4-16)22(15(2)24)13-18(25)19-7-8-21-9-11-26-12-10-21/h3-6H,7-13H2,1-2H3,(H,19,25)(H,20,23). The molecule has 1 heterocycles. The molecule has 8 heteroatoms. The molecular formula is C18H26N4O4. The topological polar surface area (TPSA) is 91.0 Å². The molecule has 0 aromatic heterocycles. The van der Waals surface area contributed by atoms with E-state index in [2.05, 4.69) is 15.5 Å². The van der Waals surface area contributed by atoms with Crippen molar-refractivity contribution in [1.82, 2.24) is 10.2 Å². The lowest BCUT2D eigenvalue weighted by molar-refractivity contribution is -0.123. The molecule has 0 unspecified atom stereocenters. The van der Waals surface area contributed by atoms with Gasteiger partial charge in [0, 0.05) is 51.4 Å². The third-order valence-electron chi connectivity index (χ3n) is 4.04. The summed E-state index contributed by atoms with van der Waals surface area (Å²) in [5.41, 5.74) is 1.25. The first-order valence-electron chi connectivity index (χ1n) is 8.68. The van der Waals surface area contributed by atoms with E-state index < -0.39 is 0 Å². The first kappa shape index (κ1) is 19.9. The predicted octanol–water partition coefficient (Wildman–Crippen LogP) is 0.446. The van der Waals surface area contributed by atoms with E-state index >= 15 is 0 Å². The van der Waals surface area contributed by atoms with Crippen LogP contribution in [0.25, 0.3) is 0 Å². The van der Waals surface area contributed by atoms with Crippen LogP contribution in [0.3, 0.4) is 0 Å². The van der Waals surface area contributed by atoms with Gasteiger partial charge >= 0.3 is 0 Å². The van der Waals surface area contributed by atoms with Crippen molar-refractivity contribution >= 4 is 29.1 Å². The van der Waals surface area contributed by atoms with Gasteiger partial charge in [0.05, 0.1) is 13.2 Å². The number of benzene rings is 1. The summed E-state index contributed by atoms with van der Waals surface area (Å²) in [6, 6.07) is 6.80. The maximum Gasteiger partial charge on any atom is 0.240 e. The number of amides is 3. The maximum atomic E-state index is 12.2. The Morgan fingerprint density at radius 3 is 2.35 bits per heavy atom. The average molecular weight is 362 g/mol. The van der Waals surface area contributed by atoms with E-state index in [0.717, 1.165) is 32.8 Å². The summed E-state index contributed by atoms with van der Waals surface area (Å²) in [4.78, 5) is 38.8. The minimum absolute atomic E-state index is 0.0437. The molecule has 1 aromatic rings. The Morgan fingerprint density at radius 2 is 1.77 bits per heavy atom. The van der Waals surface area contributed by atoms with Gasteiger partial charge in [0.1, 0.15) is 6.54 Å². The van der Waals surface area contributed by atoms with E-state index in [1.807, 2.05) is 0 Å². The molecule has 2 N–H and O–H groups in total. The van der Waals surface area contributed by atoms with Crippen molar-refractivity contribution < 1.29 is 19.1 Å². The van der Waals surface area contributed by atoms with E-state index in [1.54, 1.807) is 24.3 Å². The molecule has 8 nitrogen and oxygen atoms in total. The highest BCUT2D eigenvalue weighted by atomic mass is 16.5. The number of nitrogens with zero attached hydrogens (tertiary/aromatic N) is 2. The molecule has 1 aromatic carbocycles. The van der Waals surface area contributed by atoms with Crippen LogP contribution < -0.4 is 15.5 Å². The molecule has 1 aliphatic heterocycles. The predicted molar refractivity (Wildman–Crippen MR) is 99.0 cm³/mol. The highest BCUT2D eigenvalue weighted by Gasteiger charge is 2.16. The zero-order valence-electron chi connectivity index (χ0n) is 15.3. The van der Waals surface area contributed by atoms with E-state index in [4.69, 9.17) is 4.74 Å². The van der Waals surface area contributed by atoms with Crippen molar-refractivity contribution in [1.29, 1.82) is 0 Å². The van der Waals surface area contributed by atoms with E-state index in [1.165, 1.54) is 18.7 Å². The number of anilines is 2. The van der Waals surface area contributed by atoms with Crippen LogP contribution in [0.4, 0.5) is 11.4 Å². The van der Waals surface area contributed by atoms with E-state index in [9.17, 15) is 14.4 Å². The van der Waals surface area contributed by atoms with Gasteiger partial charge in [0.25, 0.3) is 0 Å². The first-order chi connectivity index (χ1) is 12.5. The Kier molecular flexibility index (Phi) is 7.55. The van der Waals surface area contributed by atoms with Gasteiger partial charge in [-0.25, -0.2) is 0 Å². The highest BCUT2D eigenvalue weighted by molar-refractivity contribution is 5.97. The number of ether oxygens (including phenoxy) is 1. The molecule has 0 saturated carbocycles. The maximum absolute atomic E-state index is 12.2. The second-order valence-corrected chi connectivity index (χ2v) is 6.14. The molecule has 1 aliphatic rings. The van der Waals surface area contributed by atoms with Crippen molar-refractivity contribution in [2.24, 2.45) is 0 Å². The number of carbonyl (C=O) groups is 3. The summed E-state index contributed by atoms with van der Waals surface area (Å²) in [7, 11) is 0. The second-order valence-electron chi connectivity index (χ2n) is 6.14. The Balaban J connectivity index is 1.85. The summed E-state index contributed by atoms with van der Waals surface area (Å²) >= 11 is 0. The Morgan fingerprint density at radius 1 is 1.12 bits per heavy atom. The minimum atomic E-state index is -0.222. The molecular weight excluding hydrogens is 336 g/mol. The summed E-state index contributed by atoms with van der Waals surface area (Å²) in [6.45, 7) is 7.29. The Labute approximate surface area is 153 Å². The lowest BCUT2D eigenvalue weighted by Gasteiger charge is -2.26. The highest BCUT2D eigenvalue weighted by Crippen LogP contribution is 2.18. The summed E-state index contributed by atoms with van der Waals surface area (Å²) in [6.07, 6.45) is 0. The number of morpholine rings is 1. The Bertz CT molecular complexity index is 627. The molecule has 1 fully saturated rings. The van der Waals surface area contributed by atoms with Crippen LogP contribution in [0.15, 0.2) is 24.3 Å². The first-order valence-corrected chi connectivity index (χ1v) is 8.68. The van der Waals surface area contributed by atoms with Crippen molar-refractivity contribution in [2.75, 3.05) is 56.2 Å². The molecule has 0 radical (unpaired) electrons. The second kappa shape index (κ2) is 9.88. The summed E-state index contributed by atoms with van der Waals surface area (Å²) in [5.74, 6) is -0.596. The lowest BCUT2D eigenvalue weighted by Crippen LogP contribution is -2.44. The molecule has 142 valence electrons. The van der Waals surface area contributed by atoms with Crippen LogP contribution in [-0.2, 0) is 19.1 Å². The molecule has 2 rings (SSSR count). The number of hydrogen-bond donors (Lipinski definition) is 2. The van der Waals surface area contributed by atoms with Crippen LogP contribution in [0.5, 0.6) is 0 Å². The van der Waals surface area contributed by atoms with Crippen molar-refractivity contribution in [2.45, 2.75) is 13.8 Å². The van der Waals surface area contributed by atoms with Gasteiger partial charge in [-0.15, -0.1) is 0 Å². The minimum Gasteiger partial charge on any atom is -0.379 e. The number of nitrogens with one attached hydrogen (secondary N) is 2. The third kappa shape index (κ3) is 6.45. The van der Waals surface area contributed by atoms with Crippen LogP contribution in [0.2, 0.25) is 0 Å².